The molecule has 0 rings (SSSR count). The first kappa shape index (κ1) is 8.17. The van der Waals surface area contributed by atoms with Gasteiger partial charge >= 0.3 is 0 Å². The molecule has 0 radical (unpaired) electrons. The fourth-order valence-electron chi connectivity index (χ4n) is 0.543. The molecule has 52 valence electrons. The molecule has 0 heterocycles. The van der Waals surface area contributed by atoms with Crippen molar-refractivity contribution in [3.63, 3.8) is 0 Å². The average molecular weight is 128 g/mol. The Bertz CT molecular complexity index is 112. The SMILES string of the molecule is C=CCC(NC)C(N)=O. The molecule has 3 heteroatoms. The first-order valence-electron chi connectivity index (χ1n) is 2.79. The Hall–Kier alpha value is -0.830. The lowest BCUT2D eigenvalue weighted by Gasteiger charge is -2.07. The highest BCUT2D eigenvalue weighted by molar-refractivity contribution is 5.79. The predicted molar refractivity (Wildman–Crippen MR) is 36.9 cm³/mol. The molecule has 0 spiro atoms. The van der Waals surface area contributed by atoms with E-state index in [2.05, 4.69) is 11.9 Å². The summed E-state index contributed by atoms with van der Waals surface area (Å²) in [5.41, 5.74) is 4.98. The summed E-state index contributed by atoms with van der Waals surface area (Å²) in [6.07, 6.45) is 2.25. The molecular formula is C6H12N2O. The topological polar surface area (TPSA) is 55.1 Å². The molecule has 9 heavy (non-hydrogen) atoms. The largest absolute Gasteiger partial charge is 0.368 e. The van der Waals surface area contributed by atoms with Crippen molar-refractivity contribution in [2.24, 2.45) is 5.73 Å². The molecule has 0 aliphatic heterocycles. The second-order valence-electron chi connectivity index (χ2n) is 1.77. The highest BCUT2D eigenvalue weighted by Crippen LogP contribution is 1.88. The van der Waals surface area contributed by atoms with Crippen LogP contribution in [0.25, 0.3) is 0 Å². The number of rotatable bonds is 4. The summed E-state index contributed by atoms with van der Waals surface area (Å²) in [6.45, 7) is 3.48. The maximum atomic E-state index is 10.4. The molecule has 0 aromatic rings. The molecule has 0 aliphatic rings. The normalized spacial score (nSPS) is 12.6. The maximum Gasteiger partial charge on any atom is 0.234 e. The van der Waals surface area contributed by atoms with E-state index in [4.69, 9.17) is 5.73 Å². The van der Waals surface area contributed by atoms with Crippen LogP contribution in [-0.4, -0.2) is 19.0 Å². The van der Waals surface area contributed by atoms with Gasteiger partial charge in [-0.05, 0) is 13.5 Å². The molecule has 1 unspecified atom stereocenters. The van der Waals surface area contributed by atoms with Crippen LogP contribution < -0.4 is 11.1 Å². The summed E-state index contributed by atoms with van der Waals surface area (Å²) in [7, 11) is 1.69. The van der Waals surface area contributed by atoms with Crippen LogP contribution in [0.4, 0.5) is 0 Å². The first-order valence-corrected chi connectivity index (χ1v) is 2.79. The third-order valence-electron chi connectivity index (χ3n) is 1.09. The zero-order valence-electron chi connectivity index (χ0n) is 5.55. The lowest BCUT2D eigenvalue weighted by Crippen LogP contribution is -2.38. The molecule has 0 saturated carbocycles. The van der Waals surface area contributed by atoms with E-state index in [0.717, 1.165) is 0 Å². The van der Waals surface area contributed by atoms with Gasteiger partial charge in [0.25, 0.3) is 0 Å². The summed E-state index contributed by atoms with van der Waals surface area (Å²) in [4.78, 5) is 10.4. The molecule has 1 atom stereocenters. The van der Waals surface area contributed by atoms with Crippen molar-refractivity contribution in [2.75, 3.05) is 7.05 Å². The minimum absolute atomic E-state index is 0.262. The number of carbonyl (C=O) groups excluding carboxylic acids is 1. The number of carbonyl (C=O) groups is 1. The van der Waals surface area contributed by atoms with Crippen molar-refractivity contribution in [1.82, 2.24) is 5.32 Å². The van der Waals surface area contributed by atoms with Crippen LogP contribution in [0.2, 0.25) is 0 Å². The quantitative estimate of drug-likeness (QED) is 0.508. The zero-order chi connectivity index (χ0) is 7.28. The van der Waals surface area contributed by atoms with Crippen molar-refractivity contribution >= 4 is 5.91 Å². The van der Waals surface area contributed by atoms with Gasteiger partial charge in [0.2, 0.25) is 5.91 Å². The van der Waals surface area contributed by atoms with Gasteiger partial charge in [-0.3, -0.25) is 4.79 Å². The lowest BCUT2D eigenvalue weighted by atomic mass is 10.2. The molecule has 3 N–H and O–H groups in total. The van der Waals surface area contributed by atoms with Gasteiger partial charge in [-0.2, -0.15) is 0 Å². The Morgan fingerprint density at radius 2 is 2.56 bits per heavy atom. The molecular weight excluding hydrogens is 116 g/mol. The fourth-order valence-corrected chi connectivity index (χ4v) is 0.543. The molecule has 0 aromatic heterocycles. The molecule has 0 fully saturated rings. The van der Waals surface area contributed by atoms with E-state index in [-0.39, 0.29) is 11.9 Å². The Labute approximate surface area is 54.9 Å². The van der Waals surface area contributed by atoms with E-state index in [9.17, 15) is 4.79 Å². The summed E-state index contributed by atoms with van der Waals surface area (Å²) < 4.78 is 0. The van der Waals surface area contributed by atoms with E-state index >= 15 is 0 Å². The zero-order valence-corrected chi connectivity index (χ0v) is 5.55. The van der Waals surface area contributed by atoms with Crippen LogP contribution in [-0.2, 0) is 4.79 Å². The molecule has 0 aliphatic carbocycles. The second kappa shape index (κ2) is 4.09. The molecule has 0 aromatic carbocycles. The van der Waals surface area contributed by atoms with Crippen molar-refractivity contribution < 1.29 is 4.79 Å². The molecule has 0 bridgehead atoms. The Morgan fingerprint density at radius 1 is 2.00 bits per heavy atom. The smallest absolute Gasteiger partial charge is 0.234 e. The van der Waals surface area contributed by atoms with Gasteiger partial charge in [0.05, 0.1) is 6.04 Å². The number of hydrogen-bond donors (Lipinski definition) is 2. The van der Waals surface area contributed by atoms with Crippen LogP contribution in [0.5, 0.6) is 0 Å². The number of likely N-dealkylation sites (N-methyl/N-ethyl adjacent to an activating group) is 1. The van der Waals surface area contributed by atoms with E-state index < -0.39 is 0 Å². The summed E-state index contributed by atoms with van der Waals surface area (Å²) >= 11 is 0. The number of amides is 1. The molecule has 1 amide bonds. The lowest BCUT2D eigenvalue weighted by molar-refractivity contribution is -0.119. The summed E-state index contributed by atoms with van der Waals surface area (Å²) in [6, 6.07) is -0.262. The van der Waals surface area contributed by atoms with E-state index in [1.54, 1.807) is 13.1 Å². The van der Waals surface area contributed by atoms with Crippen LogP contribution in [0.3, 0.4) is 0 Å². The van der Waals surface area contributed by atoms with Crippen LogP contribution in [0.1, 0.15) is 6.42 Å². The highest BCUT2D eigenvalue weighted by Gasteiger charge is 2.08. The predicted octanol–water partition coefficient (Wildman–Crippen LogP) is -0.364. The third kappa shape index (κ3) is 2.87. The van der Waals surface area contributed by atoms with Crippen molar-refractivity contribution in [3.8, 4) is 0 Å². The standard InChI is InChI=1S/C6H12N2O/c1-3-4-5(8-2)6(7)9/h3,5,8H,1,4H2,2H3,(H2,7,9). The van der Waals surface area contributed by atoms with Crippen molar-refractivity contribution in [1.29, 1.82) is 0 Å². The average Bonchev–Trinajstić information content (AvgIpc) is 1.82. The molecule has 0 saturated heterocycles. The van der Waals surface area contributed by atoms with Gasteiger partial charge in [0, 0.05) is 0 Å². The second-order valence-corrected chi connectivity index (χ2v) is 1.77. The van der Waals surface area contributed by atoms with Gasteiger partial charge in [-0.1, -0.05) is 6.08 Å². The number of nitrogens with two attached hydrogens (primary N) is 1. The Morgan fingerprint density at radius 3 is 2.67 bits per heavy atom. The fraction of sp³-hybridized carbons (Fsp3) is 0.500. The van der Waals surface area contributed by atoms with Crippen LogP contribution in [0, 0.1) is 0 Å². The summed E-state index contributed by atoms with van der Waals surface area (Å²) in [5, 5.41) is 2.76. The first-order chi connectivity index (χ1) is 4.22. The van der Waals surface area contributed by atoms with E-state index in [0.29, 0.717) is 6.42 Å². The van der Waals surface area contributed by atoms with Gasteiger partial charge in [0.15, 0.2) is 0 Å². The van der Waals surface area contributed by atoms with Crippen LogP contribution in [0.15, 0.2) is 12.7 Å². The Kier molecular flexibility index (Phi) is 3.71. The highest BCUT2D eigenvalue weighted by atomic mass is 16.1. The third-order valence-corrected chi connectivity index (χ3v) is 1.09. The van der Waals surface area contributed by atoms with E-state index in [1.165, 1.54) is 0 Å². The maximum absolute atomic E-state index is 10.4. The monoisotopic (exact) mass is 128 g/mol. The summed E-state index contributed by atoms with van der Waals surface area (Å²) in [5.74, 6) is -0.336. The van der Waals surface area contributed by atoms with E-state index in [1.807, 2.05) is 0 Å². The van der Waals surface area contributed by atoms with Crippen LogP contribution >= 0.6 is 0 Å². The molecule has 3 nitrogen and oxygen atoms in total. The van der Waals surface area contributed by atoms with Gasteiger partial charge in [0.1, 0.15) is 0 Å². The number of primary amides is 1. The van der Waals surface area contributed by atoms with Gasteiger partial charge < -0.3 is 11.1 Å². The van der Waals surface area contributed by atoms with Crippen molar-refractivity contribution in [2.45, 2.75) is 12.5 Å². The van der Waals surface area contributed by atoms with Crippen molar-refractivity contribution in [3.05, 3.63) is 12.7 Å². The van der Waals surface area contributed by atoms with Gasteiger partial charge in [-0.15, -0.1) is 6.58 Å². The number of nitrogens with one attached hydrogen (secondary N) is 1. The Balaban J connectivity index is 3.67. The number of hydrogen-bond acceptors (Lipinski definition) is 2. The minimum Gasteiger partial charge on any atom is -0.368 e. The van der Waals surface area contributed by atoms with Gasteiger partial charge in [-0.25, -0.2) is 0 Å². The minimum atomic E-state index is -0.336.